The third-order valence-corrected chi connectivity index (χ3v) is 2.79. The third-order valence-electron chi connectivity index (χ3n) is 2.79. The lowest BCUT2D eigenvalue weighted by Crippen LogP contribution is -2.46. The van der Waals surface area contributed by atoms with Gasteiger partial charge in [0.2, 0.25) is 5.91 Å². The van der Waals surface area contributed by atoms with Gasteiger partial charge in [0.25, 0.3) is 0 Å². The Morgan fingerprint density at radius 1 is 1.38 bits per heavy atom. The van der Waals surface area contributed by atoms with Gasteiger partial charge in [-0.25, -0.2) is 4.79 Å². The maximum atomic E-state index is 11.8. The van der Waals surface area contributed by atoms with Crippen molar-refractivity contribution in [3.63, 3.8) is 0 Å². The molecule has 0 aliphatic carbocycles. The van der Waals surface area contributed by atoms with Gasteiger partial charge in [0, 0.05) is 13.2 Å². The zero-order chi connectivity index (χ0) is 12.0. The fourth-order valence-electron chi connectivity index (χ4n) is 1.94. The minimum Gasteiger partial charge on any atom is -0.480 e. The number of rotatable bonds is 4. The first-order chi connectivity index (χ1) is 7.66. The first-order valence-corrected chi connectivity index (χ1v) is 5.76. The fraction of sp³-hybridized carbons (Fsp3) is 0.818. The number of ether oxygens (including phenoxy) is 1. The monoisotopic (exact) mass is 229 g/mol. The molecule has 1 N–H and O–H groups in total. The van der Waals surface area contributed by atoms with E-state index in [0.717, 1.165) is 19.3 Å². The maximum absolute atomic E-state index is 11.8. The molecule has 1 aliphatic heterocycles. The van der Waals surface area contributed by atoms with Crippen LogP contribution >= 0.6 is 0 Å². The smallest absolute Gasteiger partial charge is 0.326 e. The van der Waals surface area contributed by atoms with Crippen LogP contribution in [0, 0.1) is 0 Å². The number of carboxylic acids is 1. The van der Waals surface area contributed by atoms with Crippen LogP contribution in [0.4, 0.5) is 0 Å². The van der Waals surface area contributed by atoms with E-state index in [2.05, 4.69) is 0 Å². The van der Waals surface area contributed by atoms with Crippen LogP contribution < -0.4 is 0 Å². The average molecular weight is 229 g/mol. The van der Waals surface area contributed by atoms with Crippen molar-refractivity contribution in [2.45, 2.75) is 38.6 Å². The van der Waals surface area contributed by atoms with Gasteiger partial charge in [-0.15, -0.1) is 0 Å². The van der Waals surface area contributed by atoms with Crippen LogP contribution in [-0.4, -0.2) is 47.7 Å². The Hall–Kier alpha value is -1.10. The fourth-order valence-corrected chi connectivity index (χ4v) is 1.94. The van der Waals surface area contributed by atoms with E-state index >= 15 is 0 Å². The molecule has 0 spiro atoms. The second kappa shape index (κ2) is 6.48. The van der Waals surface area contributed by atoms with Gasteiger partial charge in [0.1, 0.15) is 12.6 Å². The van der Waals surface area contributed by atoms with Gasteiger partial charge in [-0.1, -0.05) is 12.8 Å². The van der Waals surface area contributed by atoms with Crippen molar-refractivity contribution in [2.75, 3.05) is 19.8 Å². The van der Waals surface area contributed by atoms with Crippen LogP contribution in [0.25, 0.3) is 0 Å². The summed E-state index contributed by atoms with van der Waals surface area (Å²) in [7, 11) is 0. The summed E-state index contributed by atoms with van der Waals surface area (Å²) < 4.78 is 5.03. The molecule has 0 radical (unpaired) electrons. The molecule has 1 heterocycles. The molecular formula is C11H19NO4. The number of likely N-dealkylation sites (tertiary alicyclic amines) is 1. The Labute approximate surface area is 95.4 Å². The highest BCUT2D eigenvalue weighted by molar-refractivity contribution is 5.84. The quantitative estimate of drug-likeness (QED) is 0.777. The second-order valence-corrected chi connectivity index (χ2v) is 3.93. The van der Waals surface area contributed by atoms with Crippen molar-refractivity contribution in [3.05, 3.63) is 0 Å². The molecule has 1 amide bonds. The molecule has 0 aromatic carbocycles. The van der Waals surface area contributed by atoms with E-state index in [4.69, 9.17) is 9.84 Å². The summed E-state index contributed by atoms with van der Waals surface area (Å²) in [5.41, 5.74) is 0. The second-order valence-electron chi connectivity index (χ2n) is 3.93. The molecule has 0 saturated carbocycles. The molecule has 16 heavy (non-hydrogen) atoms. The van der Waals surface area contributed by atoms with Crippen LogP contribution in [0.5, 0.6) is 0 Å². The van der Waals surface area contributed by atoms with E-state index in [1.807, 2.05) is 6.92 Å². The van der Waals surface area contributed by atoms with Crippen molar-refractivity contribution >= 4 is 11.9 Å². The van der Waals surface area contributed by atoms with Crippen molar-refractivity contribution < 1.29 is 19.4 Å². The summed E-state index contributed by atoms with van der Waals surface area (Å²) in [5.74, 6) is -1.12. The lowest BCUT2D eigenvalue weighted by Gasteiger charge is -2.26. The van der Waals surface area contributed by atoms with Gasteiger partial charge in [-0.2, -0.15) is 0 Å². The zero-order valence-corrected chi connectivity index (χ0v) is 9.65. The lowest BCUT2D eigenvalue weighted by molar-refractivity contribution is -0.152. The van der Waals surface area contributed by atoms with E-state index in [9.17, 15) is 9.59 Å². The van der Waals surface area contributed by atoms with Gasteiger partial charge < -0.3 is 14.7 Å². The van der Waals surface area contributed by atoms with Crippen molar-refractivity contribution in [1.29, 1.82) is 0 Å². The molecule has 1 fully saturated rings. The molecule has 0 bridgehead atoms. The number of carbonyl (C=O) groups is 2. The topological polar surface area (TPSA) is 66.8 Å². The van der Waals surface area contributed by atoms with Gasteiger partial charge in [0.15, 0.2) is 0 Å². The molecule has 92 valence electrons. The summed E-state index contributed by atoms with van der Waals surface area (Å²) in [4.78, 5) is 24.3. The average Bonchev–Trinajstić information content (AvgIpc) is 2.50. The highest BCUT2D eigenvalue weighted by Crippen LogP contribution is 2.17. The number of amides is 1. The van der Waals surface area contributed by atoms with Crippen LogP contribution in [-0.2, 0) is 14.3 Å². The molecule has 1 rings (SSSR count). The van der Waals surface area contributed by atoms with Crippen molar-refractivity contribution in [2.24, 2.45) is 0 Å². The highest BCUT2D eigenvalue weighted by atomic mass is 16.5. The van der Waals surface area contributed by atoms with Crippen LogP contribution in [0.2, 0.25) is 0 Å². The predicted octanol–water partition coefficient (Wildman–Crippen LogP) is 0.879. The van der Waals surface area contributed by atoms with Gasteiger partial charge in [-0.3, -0.25) is 4.79 Å². The van der Waals surface area contributed by atoms with Gasteiger partial charge >= 0.3 is 5.97 Å². The van der Waals surface area contributed by atoms with Gasteiger partial charge in [0.05, 0.1) is 0 Å². The third kappa shape index (κ3) is 3.48. The summed E-state index contributed by atoms with van der Waals surface area (Å²) >= 11 is 0. The Morgan fingerprint density at radius 3 is 2.75 bits per heavy atom. The highest BCUT2D eigenvalue weighted by Gasteiger charge is 2.30. The first kappa shape index (κ1) is 13.0. The molecule has 1 unspecified atom stereocenters. The summed E-state index contributed by atoms with van der Waals surface area (Å²) in [6.45, 7) is 2.80. The molecular weight excluding hydrogens is 210 g/mol. The molecule has 1 saturated heterocycles. The summed E-state index contributed by atoms with van der Waals surface area (Å²) in [6.07, 6.45) is 3.28. The molecule has 5 nitrogen and oxygen atoms in total. The predicted molar refractivity (Wildman–Crippen MR) is 58.1 cm³/mol. The maximum Gasteiger partial charge on any atom is 0.326 e. The minimum absolute atomic E-state index is 0.0136. The number of carboxylic acid groups (broad SMARTS) is 1. The molecule has 1 atom stereocenters. The largest absolute Gasteiger partial charge is 0.480 e. The van der Waals surface area contributed by atoms with E-state index in [1.54, 1.807) is 0 Å². The Kier molecular flexibility index (Phi) is 5.25. The Balaban J connectivity index is 2.63. The molecule has 5 heteroatoms. The Bertz CT molecular complexity index is 254. The van der Waals surface area contributed by atoms with Crippen LogP contribution in [0.15, 0.2) is 0 Å². The Morgan fingerprint density at radius 2 is 2.12 bits per heavy atom. The van der Waals surface area contributed by atoms with Crippen LogP contribution in [0.1, 0.15) is 32.6 Å². The SMILES string of the molecule is CCOCC(=O)N1CCCCCC1C(=O)O. The number of carbonyl (C=O) groups excluding carboxylic acids is 1. The molecule has 0 aromatic rings. The zero-order valence-electron chi connectivity index (χ0n) is 9.65. The standard InChI is InChI=1S/C11H19NO4/c1-2-16-8-10(13)12-7-5-3-4-6-9(12)11(14)15/h9H,2-8H2,1H3,(H,14,15). The van der Waals surface area contributed by atoms with Crippen molar-refractivity contribution in [3.8, 4) is 0 Å². The number of hydrogen-bond acceptors (Lipinski definition) is 3. The van der Waals surface area contributed by atoms with E-state index in [1.165, 1.54) is 4.90 Å². The minimum atomic E-state index is -0.910. The molecule has 1 aliphatic rings. The number of hydrogen-bond donors (Lipinski definition) is 1. The van der Waals surface area contributed by atoms with E-state index in [-0.39, 0.29) is 12.5 Å². The first-order valence-electron chi connectivity index (χ1n) is 5.76. The summed E-state index contributed by atoms with van der Waals surface area (Å²) in [6, 6.07) is -0.671. The normalized spacial score (nSPS) is 21.6. The van der Waals surface area contributed by atoms with Crippen molar-refractivity contribution in [1.82, 2.24) is 4.90 Å². The molecule has 0 aromatic heterocycles. The van der Waals surface area contributed by atoms with E-state index < -0.39 is 12.0 Å². The lowest BCUT2D eigenvalue weighted by atomic mass is 10.1. The number of aliphatic carboxylic acids is 1. The van der Waals surface area contributed by atoms with E-state index in [0.29, 0.717) is 19.6 Å². The summed E-state index contributed by atoms with van der Waals surface area (Å²) in [5, 5.41) is 9.07. The van der Waals surface area contributed by atoms with Gasteiger partial charge in [-0.05, 0) is 19.8 Å². The van der Waals surface area contributed by atoms with Crippen LogP contribution in [0.3, 0.4) is 0 Å². The number of nitrogens with zero attached hydrogens (tertiary/aromatic N) is 1.